The molecule has 2 amide bonds. The van der Waals surface area contributed by atoms with Crippen molar-refractivity contribution in [2.45, 2.75) is 26.8 Å². The Morgan fingerprint density at radius 2 is 1.50 bits per heavy atom. The summed E-state index contributed by atoms with van der Waals surface area (Å²) in [5, 5.41) is 15.3. The molecule has 0 spiro atoms. The van der Waals surface area contributed by atoms with E-state index in [0.717, 1.165) is 22.2 Å². The first-order valence-corrected chi connectivity index (χ1v) is 12.2. The van der Waals surface area contributed by atoms with E-state index < -0.39 is 0 Å². The second kappa shape index (κ2) is 9.45. The number of aryl methyl sites for hydroxylation is 1. The molecule has 0 radical (unpaired) electrons. The van der Waals surface area contributed by atoms with E-state index in [4.69, 9.17) is 4.98 Å². The van der Waals surface area contributed by atoms with Crippen LogP contribution >= 0.6 is 0 Å². The largest absolute Gasteiger partial charge is 0.507 e. The van der Waals surface area contributed by atoms with Gasteiger partial charge in [-0.05, 0) is 44.5 Å². The summed E-state index contributed by atoms with van der Waals surface area (Å²) in [7, 11) is 0. The van der Waals surface area contributed by atoms with Crippen LogP contribution in [0.3, 0.4) is 0 Å². The molecule has 1 N–H and O–H groups in total. The first-order chi connectivity index (χ1) is 17.3. The number of para-hydroxylation sites is 1. The van der Waals surface area contributed by atoms with Crippen LogP contribution < -0.4 is 0 Å². The highest BCUT2D eigenvalue weighted by Gasteiger charge is 2.28. The molecule has 1 aliphatic rings. The Kier molecular flexibility index (Phi) is 6.18. The van der Waals surface area contributed by atoms with Gasteiger partial charge in [0.1, 0.15) is 5.75 Å². The van der Waals surface area contributed by atoms with Gasteiger partial charge in [-0.15, -0.1) is 0 Å². The Hall–Kier alpha value is -4.20. The molecule has 3 heterocycles. The zero-order valence-electron chi connectivity index (χ0n) is 20.7. The number of amides is 2. The maximum Gasteiger partial charge on any atom is 0.257 e. The van der Waals surface area contributed by atoms with E-state index in [0.29, 0.717) is 37.4 Å². The SMILES string of the molecule is Cc1ccccc1-c1cc(C(=O)N2CCN(C(=O)c3ccccc3O)CC2)c2cnn(C(C)C)c2n1. The standard InChI is InChI=1S/C28H29N5O3/c1-18(2)33-26-23(17-29-33)22(16-24(30-26)20-9-5-4-8-19(20)3)28(36)32-14-12-31(13-15-32)27(35)21-10-6-7-11-25(21)34/h4-11,16-18,34H,12-15H2,1-3H3. The molecule has 0 saturated carbocycles. The van der Waals surface area contributed by atoms with Crippen molar-refractivity contribution >= 4 is 22.8 Å². The predicted octanol–water partition coefficient (Wildman–Crippen LogP) is 4.29. The monoisotopic (exact) mass is 483 g/mol. The van der Waals surface area contributed by atoms with Crippen LogP contribution in [0, 0.1) is 6.92 Å². The molecule has 8 heteroatoms. The van der Waals surface area contributed by atoms with Crippen molar-refractivity contribution < 1.29 is 14.7 Å². The smallest absolute Gasteiger partial charge is 0.257 e. The van der Waals surface area contributed by atoms with E-state index in [1.54, 1.807) is 34.2 Å². The molecular formula is C28H29N5O3. The fraction of sp³-hybridized carbons (Fsp3) is 0.286. The van der Waals surface area contributed by atoms with Crippen LogP contribution in [-0.4, -0.2) is 67.7 Å². The minimum Gasteiger partial charge on any atom is -0.507 e. The first-order valence-electron chi connectivity index (χ1n) is 12.2. The van der Waals surface area contributed by atoms with Gasteiger partial charge in [-0.2, -0.15) is 5.10 Å². The number of phenolic OH excluding ortho intramolecular Hbond substituents is 1. The highest BCUT2D eigenvalue weighted by atomic mass is 16.3. The number of aromatic nitrogens is 3. The quantitative estimate of drug-likeness (QED) is 0.468. The fourth-order valence-electron chi connectivity index (χ4n) is 4.68. The van der Waals surface area contributed by atoms with Crippen molar-refractivity contribution in [1.82, 2.24) is 24.6 Å². The Morgan fingerprint density at radius 3 is 2.14 bits per heavy atom. The summed E-state index contributed by atoms with van der Waals surface area (Å²) in [6, 6.07) is 16.5. The minimum absolute atomic E-state index is 0.0360. The number of hydrogen-bond donors (Lipinski definition) is 1. The summed E-state index contributed by atoms with van der Waals surface area (Å²) in [6.07, 6.45) is 1.72. The molecule has 0 atom stereocenters. The van der Waals surface area contributed by atoms with Gasteiger partial charge < -0.3 is 14.9 Å². The molecule has 1 fully saturated rings. The van der Waals surface area contributed by atoms with Gasteiger partial charge in [0.05, 0.1) is 28.4 Å². The molecule has 5 rings (SSSR count). The van der Waals surface area contributed by atoms with E-state index in [-0.39, 0.29) is 29.2 Å². The van der Waals surface area contributed by atoms with E-state index in [1.165, 1.54) is 6.07 Å². The molecule has 1 saturated heterocycles. The van der Waals surface area contributed by atoms with Crippen LogP contribution in [0.4, 0.5) is 0 Å². The number of carbonyl (C=O) groups excluding carboxylic acids is 2. The van der Waals surface area contributed by atoms with Gasteiger partial charge in [0.15, 0.2) is 5.65 Å². The summed E-state index contributed by atoms with van der Waals surface area (Å²) in [6.45, 7) is 7.70. The number of nitrogens with zero attached hydrogens (tertiary/aromatic N) is 5. The lowest BCUT2D eigenvalue weighted by Crippen LogP contribution is -2.50. The molecule has 1 aliphatic heterocycles. The van der Waals surface area contributed by atoms with E-state index in [1.807, 2.05) is 55.8 Å². The van der Waals surface area contributed by atoms with Crippen LogP contribution in [0.15, 0.2) is 60.8 Å². The van der Waals surface area contributed by atoms with Gasteiger partial charge in [0.25, 0.3) is 11.8 Å². The first kappa shape index (κ1) is 23.5. The number of phenols is 1. The van der Waals surface area contributed by atoms with Gasteiger partial charge in [-0.3, -0.25) is 9.59 Å². The Balaban J connectivity index is 1.45. The third-order valence-corrected chi connectivity index (χ3v) is 6.70. The third-order valence-electron chi connectivity index (χ3n) is 6.70. The number of rotatable bonds is 4. The van der Waals surface area contributed by atoms with Gasteiger partial charge in [-0.25, -0.2) is 9.67 Å². The summed E-state index contributed by atoms with van der Waals surface area (Å²) >= 11 is 0. The number of benzene rings is 2. The molecule has 0 bridgehead atoms. The Labute approximate surface area is 209 Å². The highest BCUT2D eigenvalue weighted by molar-refractivity contribution is 6.06. The number of piperazine rings is 1. The number of fused-ring (bicyclic) bond motifs is 1. The van der Waals surface area contributed by atoms with Crippen LogP contribution in [-0.2, 0) is 0 Å². The van der Waals surface area contributed by atoms with Crippen LogP contribution in [0.5, 0.6) is 5.75 Å². The number of pyridine rings is 1. The normalized spacial score (nSPS) is 14.0. The average Bonchev–Trinajstić information content (AvgIpc) is 3.32. The molecule has 0 unspecified atom stereocenters. The van der Waals surface area contributed by atoms with Crippen molar-refractivity contribution in [2.75, 3.05) is 26.2 Å². The molecule has 4 aromatic rings. The van der Waals surface area contributed by atoms with E-state index >= 15 is 0 Å². The van der Waals surface area contributed by atoms with Crippen molar-refractivity contribution in [3.05, 3.63) is 77.5 Å². The highest BCUT2D eigenvalue weighted by Crippen LogP contribution is 2.29. The van der Waals surface area contributed by atoms with Crippen LogP contribution in [0.1, 0.15) is 46.2 Å². The Morgan fingerprint density at radius 1 is 0.889 bits per heavy atom. The van der Waals surface area contributed by atoms with Gasteiger partial charge in [0.2, 0.25) is 0 Å². The van der Waals surface area contributed by atoms with Crippen molar-refractivity contribution in [1.29, 1.82) is 0 Å². The maximum absolute atomic E-state index is 13.8. The number of carbonyl (C=O) groups is 2. The molecular weight excluding hydrogens is 454 g/mol. The molecule has 184 valence electrons. The lowest BCUT2D eigenvalue weighted by molar-refractivity contribution is 0.0534. The van der Waals surface area contributed by atoms with E-state index in [9.17, 15) is 14.7 Å². The van der Waals surface area contributed by atoms with Gasteiger partial charge in [0, 0.05) is 37.8 Å². The number of hydrogen-bond acceptors (Lipinski definition) is 5. The van der Waals surface area contributed by atoms with Crippen molar-refractivity contribution in [3.63, 3.8) is 0 Å². The fourth-order valence-corrected chi connectivity index (χ4v) is 4.68. The second-order valence-corrected chi connectivity index (χ2v) is 9.39. The zero-order valence-corrected chi connectivity index (χ0v) is 20.7. The molecule has 8 nitrogen and oxygen atoms in total. The summed E-state index contributed by atoms with van der Waals surface area (Å²) in [5.74, 6) is -0.368. The molecule has 2 aromatic carbocycles. The lowest BCUT2D eigenvalue weighted by atomic mass is 10.0. The topological polar surface area (TPSA) is 91.6 Å². The minimum atomic E-state index is -0.230. The summed E-state index contributed by atoms with van der Waals surface area (Å²) < 4.78 is 1.84. The average molecular weight is 484 g/mol. The van der Waals surface area contributed by atoms with Gasteiger partial charge >= 0.3 is 0 Å². The molecule has 36 heavy (non-hydrogen) atoms. The predicted molar refractivity (Wildman–Crippen MR) is 138 cm³/mol. The molecule has 2 aromatic heterocycles. The van der Waals surface area contributed by atoms with Crippen LogP contribution in [0.2, 0.25) is 0 Å². The van der Waals surface area contributed by atoms with E-state index in [2.05, 4.69) is 5.10 Å². The third kappa shape index (κ3) is 4.19. The lowest BCUT2D eigenvalue weighted by Gasteiger charge is -2.35. The zero-order chi connectivity index (χ0) is 25.4. The van der Waals surface area contributed by atoms with Crippen molar-refractivity contribution in [2.24, 2.45) is 0 Å². The maximum atomic E-state index is 13.8. The summed E-state index contributed by atoms with van der Waals surface area (Å²) in [5.41, 5.74) is 4.31. The summed E-state index contributed by atoms with van der Waals surface area (Å²) in [4.78, 5) is 35.0. The van der Waals surface area contributed by atoms with Gasteiger partial charge in [-0.1, -0.05) is 36.4 Å². The Bertz CT molecular complexity index is 1450. The van der Waals surface area contributed by atoms with Crippen molar-refractivity contribution in [3.8, 4) is 17.0 Å². The molecule has 0 aliphatic carbocycles. The number of aromatic hydroxyl groups is 1. The second-order valence-electron chi connectivity index (χ2n) is 9.39. The van der Waals surface area contributed by atoms with Crippen LogP contribution in [0.25, 0.3) is 22.3 Å².